The fourth-order valence-corrected chi connectivity index (χ4v) is 3.82. The van der Waals surface area contributed by atoms with Gasteiger partial charge in [-0.2, -0.15) is 5.10 Å². The molecule has 0 bridgehead atoms. The first kappa shape index (κ1) is 17.9. The fraction of sp³-hybridized carbons (Fsp3) is 0.300. The van der Waals surface area contributed by atoms with Crippen LogP contribution in [0.2, 0.25) is 0 Å². The number of rotatable bonds is 6. The molecule has 1 amide bonds. The van der Waals surface area contributed by atoms with Crippen molar-refractivity contribution in [1.82, 2.24) is 20.0 Å². The van der Waals surface area contributed by atoms with Gasteiger partial charge in [0.05, 0.1) is 29.3 Å². The lowest BCUT2D eigenvalue weighted by atomic mass is 10.2. The van der Waals surface area contributed by atoms with Gasteiger partial charge in [0, 0.05) is 32.4 Å². The van der Waals surface area contributed by atoms with Crippen molar-refractivity contribution in [2.45, 2.75) is 0 Å². The Bertz CT molecular complexity index is 871. The Morgan fingerprint density at radius 1 is 1.15 bits per heavy atom. The predicted molar refractivity (Wildman–Crippen MR) is 106 cm³/mol. The SMILES string of the molecule is O=C(NCCN1CCOCC1)c1cn(-c2ccccc2)nc1-c1cccs1. The third kappa shape index (κ3) is 4.27. The van der Waals surface area contributed by atoms with Gasteiger partial charge in [0.15, 0.2) is 0 Å². The van der Waals surface area contributed by atoms with Gasteiger partial charge in [0.25, 0.3) is 5.91 Å². The highest BCUT2D eigenvalue weighted by Gasteiger charge is 2.19. The van der Waals surface area contributed by atoms with Crippen molar-refractivity contribution in [1.29, 1.82) is 0 Å². The maximum absolute atomic E-state index is 12.8. The molecule has 0 spiro atoms. The van der Waals surface area contributed by atoms with E-state index in [-0.39, 0.29) is 5.91 Å². The van der Waals surface area contributed by atoms with Gasteiger partial charge < -0.3 is 10.1 Å². The van der Waals surface area contributed by atoms with Crippen molar-refractivity contribution < 1.29 is 9.53 Å². The Morgan fingerprint density at radius 2 is 1.96 bits per heavy atom. The van der Waals surface area contributed by atoms with Crippen LogP contribution in [-0.2, 0) is 4.74 Å². The van der Waals surface area contributed by atoms with Crippen molar-refractivity contribution in [2.75, 3.05) is 39.4 Å². The third-order valence-electron chi connectivity index (χ3n) is 4.55. The van der Waals surface area contributed by atoms with Crippen LogP contribution in [0.15, 0.2) is 54.0 Å². The number of amides is 1. The molecule has 0 radical (unpaired) electrons. The molecule has 1 saturated heterocycles. The van der Waals surface area contributed by atoms with Crippen LogP contribution >= 0.6 is 11.3 Å². The van der Waals surface area contributed by atoms with Crippen LogP contribution in [0.4, 0.5) is 0 Å². The standard InChI is InChI=1S/C20H22N4O2S/c25-20(21-8-9-23-10-12-26-13-11-23)17-15-24(16-5-2-1-3-6-16)22-19(17)18-7-4-14-27-18/h1-7,14-15H,8-13H2,(H,21,25). The lowest BCUT2D eigenvalue weighted by Gasteiger charge is -2.26. The van der Waals surface area contributed by atoms with Crippen molar-refractivity contribution in [3.63, 3.8) is 0 Å². The van der Waals surface area contributed by atoms with Gasteiger partial charge >= 0.3 is 0 Å². The highest BCUT2D eigenvalue weighted by Crippen LogP contribution is 2.27. The maximum atomic E-state index is 12.8. The van der Waals surface area contributed by atoms with E-state index >= 15 is 0 Å². The molecule has 1 aliphatic rings. The van der Waals surface area contributed by atoms with Gasteiger partial charge in [-0.05, 0) is 23.6 Å². The first-order chi connectivity index (χ1) is 13.3. The van der Waals surface area contributed by atoms with Gasteiger partial charge in [-0.15, -0.1) is 11.3 Å². The number of nitrogens with zero attached hydrogens (tertiary/aromatic N) is 3. The lowest BCUT2D eigenvalue weighted by Crippen LogP contribution is -2.41. The summed E-state index contributed by atoms with van der Waals surface area (Å²) in [5.41, 5.74) is 2.25. The first-order valence-corrected chi connectivity index (χ1v) is 9.96. The topological polar surface area (TPSA) is 59.4 Å². The fourth-order valence-electron chi connectivity index (χ4n) is 3.10. The molecule has 1 fully saturated rings. The molecule has 0 saturated carbocycles. The third-order valence-corrected chi connectivity index (χ3v) is 5.43. The Hall–Kier alpha value is -2.48. The molecular formula is C20H22N4O2S. The Kier molecular flexibility index (Phi) is 5.62. The van der Waals surface area contributed by atoms with E-state index in [1.165, 1.54) is 0 Å². The van der Waals surface area contributed by atoms with E-state index in [0.29, 0.717) is 12.1 Å². The number of morpholine rings is 1. The molecule has 6 nitrogen and oxygen atoms in total. The zero-order chi connectivity index (χ0) is 18.5. The number of benzene rings is 1. The molecule has 4 rings (SSSR count). The monoisotopic (exact) mass is 382 g/mol. The number of aromatic nitrogens is 2. The van der Waals surface area contributed by atoms with Gasteiger partial charge in [-0.3, -0.25) is 9.69 Å². The second-order valence-electron chi connectivity index (χ2n) is 6.36. The molecule has 1 aliphatic heterocycles. The number of nitrogens with one attached hydrogen (secondary N) is 1. The molecule has 27 heavy (non-hydrogen) atoms. The molecule has 0 unspecified atom stereocenters. The normalized spacial score (nSPS) is 15.0. The molecule has 2 aromatic heterocycles. The number of hydrogen-bond acceptors (Lipinski definition) is 5. The van der Waals surface area contributed by atoms with Crippen LogP contribution in [0.1, 0.15) is 10.4 Å². The average Bonchev–Trinajstić information content (AvgIpc) is 3.39. The van der Waals surface area contributed by atoms with E-state index in [1.54, 1.807) is 16.0 Å². The van der Waals surface area contributed by atoms with Crippen molar-refractivity contribution in [2.24, 2.45) is 0 Å². The second-order valence-corrected chi connectivity index (χ2v) is 7.31. The van der Waals surface area contributed by atoms with Crippen LogP contribution in [-0.4, -0.2) is 60.0 Å². The highest BCUT2D eigenvalue weighted by atomic mass is 32.1. The summed E-state index contributed by atoms with van der Waals surface area (Å²) in [6.45, 7) is 4.81. The van der Waals surface area contributed by atoms with Crippen LogP contribution < -0.4 is 5.32 Å². The number of hydrogen-bond donors (Lipinski definition) is 1. The molecule has 140 valence electrons. The summed E-state index contributed by atoms with van der Waals surface area (Å²) in [7, 11) is 0. The molecule has 3 aromatic rings. The van der Waals surface area contributed by atoms with Gasteiger partial charge in [-0.1, -0.05) is 24.3 Å². The summed E-state index contributed by atoms with van der Waals surface area (Å²) in [4.78, 5) is 16.1. The van der Waals surface area contributed by atoms with E-state index in [9.17, 15) is 4.79 Å². The van der Waals surface area contributed by atoms with E-state index in [4.69, 9.17) is 4.74 Å². The van der Waals surface area contributed by atoms with E-state index < -0.39 is 0 Å². The van der Waals surface area contributed by atoms with Crippen molar-refractivity contribution in [3.8, 4) is 16.3 Å². The largest absolute Gasteiger partial charge is 0.379 e. The molecule has 0 aliphatic carbocycles. The van der Waals surface area contributed by atoms with Crippen molar-refractivity contribution in [3.05, 3.63) is 59.6 Å². The second kappa shape index (κ2) is 8.47. The van der Waals surface area contributed by atoms with Crippen LogP contribution in [0.5, 0.6) is 0 Å². The number of para-hydroxylation sites is 1. The lowest BCUT2D eigenvalue weighted by molar-refractivity contribution is 0.0383. The highest BCUT2D eigenvalue weighted by molar-refractivity contribution is 7.13. The summed E-state index contributed by atoms with van der Waals surface area (Å²) in [6, 6.07) is 13.8. The van der Waals surface area contributed by atoms with E-state index in [0.717, 1.165) is 49.1 Å². The summed E-state index contributed by atoms with van der Waals surface area (Å²) >= 11 is 1.58. The Morgan fingerprint density at radius 3 is 2.70 bits per heavy atom. The summed E-state index contributed by atoms with van der Waals surface area (Å²) in [5, 5.41) is 9.72. The molecular weight excluding hydrogens is 360 g/mol. The maximum Gasteiger partial charge on any atom is 0.255 e. The molecule has 0 atom stereocenters. The Labute approximate surface area is 162 Å². The smallest absolute Gasteiger partial charge is 0.255 e. The number of carbonyl (C=O) groups excluding carboxylic acids is 1. The quantitative estimate of drug-likeness (QED) is 0.712. The minimum Gasteiger partial charge on any atom is -0.379 e. The number of thiophene rings is 1. The molecule has 1 N–H and O–H groups in total. The molecule has 7 heteroatoms. The molecule has 3 heterocycles. The molecule has 1 aromatic carbocycles. The van der Waals surface area contributed by atoms with Gasteiger partial charge in [0.2, 0.25) is 0 Å². The first-order valence-electron chi connectivity index (χ1n) is 9.08. The zero-order valence-electron chi connectivity index (χ0n) is 15.0. The summed E-state index contributed by atoms with van der Waals surface area (Å²) in [6.07, 6.45) is 1.81. The number of carbonyl (C=O) groups is 1. The average molecular weight is 382 g/mol. The predicted octanol–water partition coefficient (Wildman–Crippen LogP) is 2.66. The zero-order valence-corrected chi connectivity index (χ0v) is 15.8. The van der Waals surface area contributed by atoms with Gasteiger partial charge in [0.1, 0.15) is 5.69 Å². The number of ether oxygens (including phenoxy) is 1. The summed E-state index contributed by atoms with van der Waals surface area (Å²) < 4.78 is 7.13. The van der Waals surface area contributed by atoms with E-state index in [2.05, 4.69) is 15.3 Å². The van der Waals surface area contributed by atoms with Crippen LogP contribution in [0.3, 0.4) is 0 Å². The minimum absolute atomic E-state index is 0.0890. The van der Waals surface area contributed by atoms with E-state index in [1.807, 2.05) is 54.0 Å². The van der Waals surface area contributed by atoms with Crippen LogP contribution in [0, 0.1) is 0 Å². The van der Waals surface area contributed by atoms with Gasteiger partial charge in [-0.25, -0.2) is 4.68 Å². The van der Waals surface area contributed by atoms with Crippen LogP contribution in [0.25, 0.3) is 16.3 Å². The summed E-state index contributed by atoms with van der Waals surface area (Å²) in [5.74, 6) is -0.0890. The van der Waals surface area contributed by atoms with Crippen molar-refractivity contribution >= 4 is 17.2 Å². The Balaban J connectivity index is 1.51. The minimum atomic E-state index is -0.0890.